The van der Waals surface area contributed by atoms with E-state index in [1.54, 1.807) is 42.5 Å². The Morgan fingerprint density at radius 1 is 0.882 bits per heavy atom. The van der Waals surface area contributed by atoms with Crippen molar-refractivity contribution in [3.8, 4) is 0 Å². The number of ether oxygens (including phenoxy) is 1. The highest BCUT2D eigenvalue weighted by Gasteiger charge is 2.28. The van der Waals surface area contributed by atoms with Crippen LogP contribution in [-0.4, -0.2) is 38.2 Å². The van der Waals surface area contributed by atoms with Gasteiger partial charge in [0.2, 0.25) is 16.1 Å². The fourth-order valence-corrected chi connectivity index (χ4v) is 4.60. The summed E-state index contributed by atoms with van der Waals surface area (Å²) in [6, 6.07) is 20.5. The SMILES string of the molecule is Cc1ccc(S(=O)(=O)N(C)CC(=O)O[C@@H](C(=O)Nc2cc(C)cc(C)c2)c2ccccc2)cc1. The highest BCUT2D eigenvalue weighted by atomic mass is 32.2. The molecule has 8 heteroatoms. The van der Waals surface area contributed by atoms with E-state index in [0.29, 0.717) is 11.3 Å². The van der Waals surface area contributed by atoms with Crippen LogP contribution >= 0.6 is 0 Å². The van der Waals surface area contributed by atoms with E-state index in [-0.39, 0.29) is 4.90 Å². The van der Waals surface area contributed by atoms with Gasteiger partial charge >= 0.3 is 5.97 Å². The summed E-state index contributed by atoms with van der Waals surface area (Å²) in [7, 11) is -2.60. The van der Waals surface area contributed by atoms with Gasteiger partial charge in [-0.2, -0.15) is 4.31 Å². The molecule has 7 nitrogen and oxygen atoms in total. The van der Waals surface area contributed by atoms with Crippen LogP contribution in [0.3, 0.4) is 0 Å². The predicted octanol–water partition coefficient (Wildman–Crippen LogP) is 4.16. The van der Waals surface area contributed by atoms with Crippen LogP contribution in [0.15, 0.2) is 77.7 Å². The Kier molecular flexibility index (Phi) is 7.86. The zero-order valence-corrected chi connectivity index (χ0v) is 20.4. The topological polar surface area (TPSA) is 92.8 Å². The molecule has 0 saturated carbocycles. The molecule has 1 amide bonds. The van der Waals surface area contributed by atoms with Gasteiger partial charge in [-0.15, -0.1) is 0 Å². The molecule has 0 fully saturated rings. The number of carbonyl (C=O) groups is 2. The van der Waals surface area contributed by atoms with E-state index in [1.807, 2.05) is 39.0 Å². The van der Waals surface area contributed by atoms with Crippen molar-refractivity contribution >= 4 is 27.6 Å². The van der Waals surface area contributed by atoms with E-state index < -0.39 is 34.5 Å². The molecule has 3 aromatic carbocycles. The number of rotatable bonds is 8. The van der Waals surface area contributed by atoms with Crippen LogP contribution in [0.1, 0.15) is 28.4 Å². The quantitative estimate of drug-likeness (QED) is 0.489. The lowest BCUT2D eigenvalue weighted by Gasteiger charge is -2.21. The maximum Gasteiger partial charge on any atom is 0.322 e. The Labute approximate surface area is 200 Å². The van der Waals surface area contributed by atoms with Crippen molar-refractivity contribution < 1.29 is 22.7 Å². The second kappa shape index (κ2) is 10.6. The van der Waals surface area contributed by atoms with Crippen LogP contribution in [0.2, 0.25) is 0 Å². The normalized spacial score (nSPS) is 12.3. The average Bonchev–Trinajstić information content (AvgIpc) is 2.77. The van der Waals surface area contributed by atoms with Gasteiger partial charge in [0.1, 0.15) is 6.54 Å². The Morgan fingerprint density at radius 2 is 1.47 bits per heavy atom. The van der Waals surface area contributed by atoms with Crippen LogP contribution in [-0.2, 0) is 24.3 Å². The zero-order valence-electron chi connectivity index (χ0n) is 19.6. The molecule has 0 aliphatic rings. The molecule has 1 atom stereocenters. The number of hydrogen-bond donors (Lipinski definition) is 1. The van der Waals surface area contributed by atoms with Crippen molar-refractivity contribution in [2.75, 3.05) is 18.9 Å². The van der Waals surface area contributed by atoms with Crippen molar-refractivity contribution in [3.63, 3.8) is 0 Å². The summed E-state index contributed by atoms with van der Waals surface area (Å²) in [5.74, 6) is -1.38. The Hall–Kier alpha value is -3.49. The average molecular weight is 481 g/mol. The van der Waals surface area contributed by atoms with Crippen molar-refractivity contribution in [2.45, 2.75) is 31.8 Å². The maximum atomic E-state index is 13.1. The van der Waals surface area contributed by atoms with Gasteiger partial charge < -0.3 is 10.1 Å². The third-order valence-electron chi connectivity index (χ3n) is 5.16. The molecule has 3 rings (SSSR count). The second-order valence-electron chi connectivity index (χ2n) is 8.22. The molecular weight excluding hydrogens is 452 g/mol. The smallest absolute Gasteiger partial charge is 0.322 e. The highest BCUT2D eigenvalue weighted by molar-refractivity contribution is 7.89. The lowest BCUT2D eigenvalue weighted by molar-refractivity contribution is -0.154. The minimum atomic E-state index is -3.90. The molecule has 178 valence electrons. The first-order chi connectivity index (χ1) is 16.1. The van der Waals surface area contributed by atoms with Gasteiger partial charge in [0.05, 0.1) is 4.90 Å². The summed E-state index contributed by atoms with van der Waals surface area (Å²) in [4.78, 5) is 25.9. The molecule has 0 radical (unpaired) electrons. The van der Waals surface area contributed by atoms with E-state index in [1.165, 1.54) is 19.2 Å². The first-order valence-electron chi connectivity index (χ1n) is 10.7. The standard InChI is InChI=1S/C26H28N2O5S/c1-18-10-12-23(13-11-18)34(31,32)28(4)17-24(29)33-25(21-8-6-5-7-9-21)26(30)27-22-15-19(2)14-20(3)16-22/h5-16,25H,17H2,1-4H3,(H,27,30)/t25-/m1/s1. The van der Waals surface area contributed by atoms with Gasteiger partial charge in [-0.3, -0.25) is 9.59 Å². The summed E-state index contributed by atoms with van der Waals surface area (Å²) in [5.41, 5.74) is 3.93. The van der Waals surface area contributed by atoms with Crippen molar-refractivity contribution in [1.29, 1.82) is 0 Å². The predicted molar refractivity (Wildman–Crippen MR) is 131 cm³/mol. The summed E-state index contributed by atoms with van der Waals surface area (Å²) in [6.07, 6.45) is -1.25. The number of likely N-dealkylation sites (N-methyl/N-ethyl adjacent to an activating group) is 1. The molecule has 0 aromatic heterocycles. The van der Waals surface area contributed by atoms with Gasteiger partial charge in [0, 0.05) is 18.3 Å². The summed E-state index contributed by atoms with van der Waals surface area (Å²) >= 11 is 0. The molecule has 0 unspecified atom stereocenters. The maximum absolute atomic E-state index is 13.1. The van der Waals surface area contributed by atoms with Crippen molar-refractivity contribution in [1.82, 2.24) is 4.31 Å². The molecule has 34 heavy (non-hydrogen) atoms. The fourth-order valence-electron chi connectivity index (χ4n) is 3.48. The fraction of sp³-hybridized carbons (Fsp3) is 0.231. The number of anilines is 1. The molecule has 3 aromatic rings. The van der Waals surface area contributed by atoms with Crippen LogP contribution in [0.25, 0.3) is 0 Å². The van der Waals surface area contributed by atoms with Gasteiger partial charge in [0.15, 0.2) is 0 Å². The van der Waals surface area contributed by atoms with E-state index in [0.717, 1.165) is 21.0 Å². The lowest BCUT2D eigenvalue weighted by atomic mass is 10.1. The number of sulfonamides is 1. The molecule has 0 saturated heterocycles. The number of carbonyl (C=O) groups excluding carboxylic acids is 2. The lowest BCUT2D eigenvalue weighted by Crippen LogP contribution is -2.35. The molecular formula is C26H28N2O5S. The van der Waals surface area contributed by atoms with Gasteiger partial charge in [-0.05, 0) is 56.2 Å². The van der Waals surface area contributed by atoms with E-state index in [2.05, 4.69) is 5.32 Å². The summed E-state index contributed by atoms with van der Waals surface area (Å²) < 4.78 is 32.0. The Morgan fingerprint density at radius 3 is 2.06 bits per heavy atom. The number of aryl methyl sites for hydroxylation is 3. The third kappa shape index (κ3) is 6.30. The van der Waals surface area contributed by atoms with Crippen molar-refractivity contribution in [2.24, 2.45) is 0 Å². The summed E-state index contributed by atoms with van der Waals surface area (Å²) in [5, 5.41) is 2.79. The largest absolute Gasteiger partial charge is 0.446 e. The monoisotopic (exact) mass is 480 g/mol. The Balaban J connectivity index is 1.77. The first-order valence-corrected chi connectivity index (χ1v) is 12.2. The van der Waals surface area contributed by atoms with E-state index >= 15 is 0 Å². The highest BCUT2D eigenvalue weighted by Crippen LogP contribution is 2.22. The van der Waals surface area contributed by atoms with Gasteiger partial charge in [-0.25, -0.2) is 8.42 Å². The van der Waals surface area contributed by atoms with Gasteiger partial charge in [-0.1, -0.05) is 54.1 Å². The number of benzene rings is 3. The number of amides is 1. The first kappa shape index (κ1) is 25.1. The number of esters is 1. The van der Waals surface area contributed by atoms with Crippen LogP contribution in [0, 0.1) is 20.8 Å². The van der Waals surface area contributed by atoms with E-state index in [9.17, 15) is 18.0 Å². The van der Waals surface area contributed by atoms with Crippen LogP contribution < -0.4 is 5.32 Å². The Bertz CT molecular complexity index is 1250. The van der Waals surface area contributed by atoms with Crippen LogP contribution in [0.4, 0.5) is 5.69 Å². The van der Waals surface area contributed by atoms with Crippen LogP contribution in [0.5, 0.6) is 0 Å². The number of nitrogens with zero attached hydrogens (tertiary/aromatic N) is 1. The molecule has 1 N–H and O–H groups in total. The zero-order chi connectivity index (χ0) is 24.9. The van der Waals surface area contributed by atoms with E-state index in [4.69, 9.17) is 4.74 Å². The molecule has 0 aliphatic heterocycles. The molecule has 0 heterocycles. The minimum absolute atomic E-state index is 0.0700. The number of hydrogen-bond acceptors (Lipinski definition) is 5. The van der Waals surface area contributed by atoms with Crippen molar-refractivity contribution in [3.05, 3.63) is 95.1 Å². The third-order valence-corrected chi connectivity index (χ3v) is 6.98. The molecule has 0 spiro atoms. The van der Waals surface area contributed by atoms with Gasteiger partial charge in [0.25, 0.3) is 5.91 Å². The number of nitrogens with one attached hydrogen (secondary N) is 1. The molecule has 0 bridgehead atoms. The second-order valence-corrected chi connectivity index (χ2v) is 10.3. The molecule has 0 aliphatic carbocycles. The minimum Gasteiger partial charge on any atom is -0.446 e. The summed E-state index contributed by atoms with van der Waals surface area (Å²) in [6.45, 7) is 5.14.